The lowest BCUT2D eigenvalue weighted by Crippen LogP contribution is -2.53. The highest BCUT2D eigenvalue weighted by Crippen LogP contribution is 2.24. The van der Waals surface area contributed by atoms with Crippen LogP contribution in [0.2, 0.25) is 0 Å². The Morgan fingerprint density at radius 3 is 2.17 bits per heavy atom. The molecule has 1 unspecified atom stereocenters. The number of carbonyl (C=O) groups is 2. The van der Waals surface area contributed by atoms with Gasteiger partial charge in [-0.25, -0.2) is 9.52 Å². The van der Waals surface area contributed by atoms with Crippen molar-refractivity contribution >= 4 is 33.5 Å². The lowest BCUT2D eigenvalue weighted by atomic mass is 10.0. The van der Waals surface area contributed by atoms with Gasteiger partial charge < -0.3 is 19.7 Å². The van der Waals surface area contributed by atoms with Crippen LogP contribution in [0.4, 0.5) is 16.2 Å². The lowest BCUT2D eigenvalue weighted by Gasteiger charge is -2.25. The fourth-order valence-electron chi connectivity index (χ4n) is 3.43. The number of hydrogen-bond donors (Lipinski definition) is 3. The molecule has 0 aliphatic rings. The van der Waals surface area contributed by atoms with Crippen molar-refractivity contribution < 1.29 is 27.5 Å². The summed E-state index contributed by atoms with van der Waals surface area (Å²) in [7, 11) is 0.186. The van der Waals surface area contributed by atoms with Crippen molar-refractivity contribution in [1.29, 1.82) is 0 Å². The number of anilines is 2. The number of ether oxygens (including phenoxy) is 2. The van der Waals surface area contributed by atoms with Crippen molar-refractivity contribution in [3.63, 3.8) is 0 Å². The molecule has 0 saturated heterocycles. The van der Waals surface area contributed by atoms with Crippen LogP contribution in [0.25, 0.3) is 0 Å². The number of nitrogens with one attached hydrogen (secondary N) is 3. The van der Waals surface area contributed by atoms with Gasteiger partial charge in [0.2, 0.25) is 5.91 Å². The highest BCUT2D eigenvalue weighted by Gasteiger charge is 2.27. The summed E-state index contributed by atoms with van der Waals surface area (Å²) in [4.78, 5) is 27.4. The summed E-state index contributed by atoms with van der Waals surface area (Å²) in [6.07, 6.45) is 0.146. The highest BCUT2D eigenvalue weighted by molar-refractivity contribution is 7.91. The molecule has 190 valence electrons. The maximum Gasteiger partial charge on any atom is 0.330 e. The Labute approximate surface area is 210 Å². The van der Waals surface area contributed by atoms with Gasteiger partial charge >= 0.3 is 16.2 Å². The van der Waals surface area contributed by atoms with Crippen LogP contribution >= 0.6 is 0 Å². The van der Waals surface area contributed by atoms with Crippen molar-refractivity contribution in [2.24, 2.45) is 0 Å². The molecule has 0 spiro atoms. The summed E-state index contributed by atoms with van der Waals surface area (Å²) in [5, 5.41) is 2.49. The molecule has 11 heteroatoms. The van der Waals surface area contributed by atoms with Crippen molar-refractivity contribution in [3.05, 3.63) is 84.4 Å². The van der Waals surface area contributed by atoms with Gasteiger partial charge in [-0.15, -0.1) is 0 Å². The van der Waals surface area contributed by atoms with Gasteiger partial charge in [0.15, 0.2) is 0 Å². The number of likely N-dealkylation sites (N-methyl/N-ethyl adjacent to an activating group) is 1. The van der Waals surface area contributed by atoms with E-state index in [1.165, 1.54) is 18.1 Å². The second-order valence-electron chi connectivity index (χ2n) is 7.72. The zero-order chi connectivity index (χ0) is 26.1. The van der Waals surface area contributed by atoms with E-state index in [1.807, 2.05) is 35.1 Å². The minimum absolute atomic E-state index is 0.146. The van der Waals surface area contributed by atoms with Crippen molar-refractivity contribution in [3.8, 4) is 11.5 Å². The number of hydrogen-bond acceptors (Lipinski definition) is 6. The van der Waals surface area contributed by atoms with E-state index in [1.54, 1.807) is 56.6 Å². The fraction of sp³-hybridized carbons (Fsp3) is 0.200. The number of amides is 3. The van der Waals surface area contributed by atoms with E-state index in [2.05, 4.69) is 10.0 Å². The normalized spacial score (nSPS) is 11.6. The SMILES string of the molecule is COc1ccc(N(C)C(=O)C(Cc2ccccc2)NC(=O)NS(=O)(=O)Nc2ccccc2OC)cc1. The van der Waals surface area contributed by atoms with Gasteiger partial charge in [-0.2, -0.15) is 8.42 Å². The second kappa shape index (κ2) is 11.9. The minimum atomic E-state index is -4.32. The maximum absolute atomic E-state index is 13.3. The van der Waals surface area contributed by atoms with Crippen LogP contribution in [-0.4, -0.2) is 47.7 Å². The number of rotatable bonds is 10. The Bertz CT molecular complexity index is 1280. The smallest absolute Gasteiger partial charge is 0.330 e. The molecule has 3 aromatic rings. The molecule has 0 saturated carbocycles. The van der Waals surface area contributed by atoms with Gasteiger partial charge in [0.05, 0.1) is 19.9 Å². The van der Waals surface area contributed by atoms with E-state index in [4.69, 9.17) is 9.47 Å². The Hall–Kier alpha value is -4.25. The molecule has 0 bridgehead atoms. The van der Waals surface area contributed by atoms with Gasteiger partial charge in [0.25, 0.3) is 0 Å². The number of benzene rings is 3. The molecule has 10 nitrogen and oxygen atoms in total. The summed E-state index contributed by atoms with van der Waals surface area (Å²) in [6, 6.07) is 20.1. The van der Waals surface area contributed by atoms with Crippen molar-refractivity contribution in [2.75, 3.05) is 30.9 Å². The van der Waals surface area contributed by atoms with E-state index in [0.717, 1.165) is 5.56 Å². The van der Waals surface area contributed by atoms with Crippen LogP contribution in [0.15, 0.2) is 78.9 Å². The topological polar surface area (TPSA) is 126 Å². The van der Waals surface area contributed by atoms with Crippen molar-refractivity contribution in [1.82, 2.24) is 10.0 Å². The molecule has 0 aromatic heterocycles. The standard InChI is InChI=1S/C25H28N4O6S/c1-29(19-13-15-20(34-2)16-14-19)24(30)22(17-18-9-5-4-6-10-18)26-25(31)28-36(32,33)27-21-11-7-8-12-23(21)35-3/h4-16,22,27H,17H2,1-3H3,(H2,26,28,31). The quantitative estimate of drug-likeness (QED) is 0.384. The van der Waals surface area contributed by atoms with Gasteiger partial charge in [-0.3, -0.25) is 9.52 Å². The predicted octanol–water partition coefficient (Wildman–Crippen LogP) is 2.93. The van der Waals surface area contributed by atoms with Crippen LogP contribution in [0.5, 0.6) is 11.5 Å². The summed E-state index contributed by atoms with van der Waals surface area (Å²) < 4.78 is 39.5. The van der Waals surface area contributed by atoms with Gasteiger partial charge in [-0.05, 0) is 42.0 Å². The van der Waals surface area contributed by atoms with Crippen LogP contribution < -0.4 is 29.1 Å². The van der Waals surface area contributed by atoms with Crippen LogP contribution in [0, 0.1) is 0 Å². The number of para-hydroxylation sites is 2. The highest BCUT2D eigenvalue weighted by atomic mass is 32.2. The Kier molecular flexibility index (Phi) is 8.74. The molecule has 0 aliphatic heterocycles. The van der Waals surface area contributed by atoms with E-state index in [0.29, 0.717) is 11.4 Å². The molecule has 3 amide bonds. The molecular weight excluding hydrogens is 484 g/mol. The molecule has 0 aliphatic carbocycles. The van der Waals surface area contributed by atoms with Crippen LogP contribution in [-0.2, 0) is 21.4 Å². The average Bonchev–Trinajstić information content (AvgIpc) is 2.87. The van der Waals surface area contributed by atoms with Crippen LogP contribution in [0.1, 0.15) is 5.56 Å². The summed E-state index contributed by atoms with van der Waals surface area (Å²) in [5.41, 5.74) is 1.51. The molecule has 0 fully saturated rings. The Morgan fingerprint density at radius 2 is 1.53 bits per heavy atom. The molecule has 3 N–H and O–H groups in total. The molecule has 1 atom stereocenters. The maximum atomic E-state index is 13.3. The number of methoxy groups -OCH3 is 2. The molecular formula is C25H28N4O6S. The van der Waals surface area contributed by atoms with E-state index in [9.17, 15) is 18.0 Å². The number of urea groups is 1. The van der Waals surface area contributed by atoms with Gasteiger partial charge in [-0.1, -0.05) is 42.5 Å². The first-order chi connectivity index (χ1) is 17.2. The van der Waals surface area contributed by atoms with Gasteiger partial charge in [0.1, 0.15) is 17.5 Å². The minimum Gasteiger partial charge on any atom is -0.497 e. The molecule has 3 rings (SSSR count). The number of nitrogens with zero attached hydrogens (tertiary/aromatic N) is 1. The first kappa shape index (κ1) is 26.4. The molecule has 36 heavy (non-hydrogen) atoms. The third-order valence-corrected chi connectivity index (χ3v) is 6.20. The molecule has 3 aromatic carbocycles. The predicted molar refractivity (Wildman–Crippen MR) is 138 cm³/mol. The first-order valence-electron chi connectivity index (χ1n) is 10.9. The summed E-state index contributed by atoms with van der Waals surface area (Å²) >= 11 is 0. The van der Waals surface area contributed by atoms with Crippen LogP contribution in [0.3, 0.4) is 0 Å². The Balaban J connectivity index is 1.76. The zero-order valence-corrected chi connectivity index (χ0v) is 20.9. The van der Waals surface area contributed by atoms with E-state index in [-0.39, 0.29) is 17.9 Å². The summed E-state index contributed by atoms with van der Waals surface area (Å²) in [5.74, 6) is 0.474. The van der Waals surface area contributed by atoms with Gasteiger partial charge in [0, 0.05) is 19.2 Å². The van der Waals surface area contributed by atoms with E-state index >= 15 is 0 Å². The average molecular weight is 513 g/mol. The summed E-state index contributed by atoms with van der Waals surface area (Å²) in [6.45, 7) is 0. The third-order valence-electron chi connectivity index (χ3n) is 5.25. The number of carbonyl (C=O) groups excluding carboxylic acids is 2. The molecule has 0 radical (unpaired) electrons. The first-order valence-corrected chi connectivity index (χ1v) is 12.4. The lowest BCUT2D eigenvalue weighted by molar-refractivity contribution is -0.120. The van der Waals surface area contributed by atoms with E-state index < -0.39 is 28.2 Å². The zero-order valence-electron chi connectivity index (χ0n) is 20.1. The monoisotopic (exact) mass is 512 g/mol. The third kappa shape index (κ3) is 7.12. The fourth-order valence-corrected chi connectivity index (χ4v) is 4.24. The molecule has 0 heterocycles. The largest absolute Gasteiger partial charge is 0.497 e. The Morgan fingerprint density at radius 1 is 0.889 bits per heavy atom. The van der Waals surface area contributed by atoms with Crippen molar-refractivity contribution in [2.45, 2.75) is 12.5 Å². The second-order valence-corrected chi connectivity index (χ2v) is 9.13.